The number of nitrogens with zero attached hydrogens (tertiary/aromatic N) is 3. The van der Waals surface area contributed by atoms with Crippen molar-refractivity contribution >= 4 is 34.7 Å². The van der Waals surface area contributed by atoms with Crippen molar-refractivity contribution in [2.45, 2.75) is 30.5 Å². The first-order valence-electron chi connectivity index (χ1n) is 8.44. The number of anilines is 1. The van der Waals surface area contributed by atoms with E-state index < -0.39 is 11.6 Å². The Morgan fingerprint density at radius 2 is 2.15 bits per heavy atom. The van der Waals surface area contributed by atoms with Gasteiger partial charge in [-0.25, -0.2) is 8.78 Å². The van der Waals surface area contributed by atoms with Crippen LogP contribution in [0.4, 0.5) is 14.5 Å². The van der Waals surface area contributed by atoms with Crippen molar-refractivity contribution in [3.05, 3.63) is 58.0 Å². The summed E-state index contributed by atoms with van der Waals surface area (Å²) in [6.45, 7) is 0. The number of rotatable bonds is 7. The molecule has 9 heteroatoms. The predicted octanol–water partition coefficient (Wildman–Crippen LogP) is 4.27. The lowest BCUT2D eigenvalue weighted by atomic mass is 10.3. The second kappa shape index (κ2) is 7.77. The first-order valence-corrected chi connectivity index (χ1v) is 10.3. The Bertz CT molecular complexity index is 954. The van der Waals surface area contributed by atoms with Crippen molar-refractivity contribution < 1.29 is 13.6 Å². The fourth-order valence-electron chi connectivity index (χ4n) is 2.70. The van der Waals surface area contributed by atoms with E-state index in [0.29, 0.717) is 17.6 Å². The van der Waals surface area contributed by atoms with Crippen LogP contribution in [0.5, 0.6) is 0 Å². The maximum atomic E-state index is 13.6. The zero-order valence-corrected chi connectivity index (χ0v) is 15.8. The summed E-state index contributed by atoms with van der Waals surface area (Å²) in [6.07, 6.45) is 2.88. The average Bonchev–Trinajstić information content (AvgIpc) is 3.19. The van der Waals surface area contributed by atoms with Crippen molar-refractivity contribution in [2.75, 3.05) is 11.1 Å². The summed E-state index contributed by atoms with van der Waals surface area (Å²) in [4.78, 5) is 13.3. The van der Waals surface area contributed by atoms with Gasteiger partial charge in [-0.15, -0.1) is 21.5 Å². The number of hydrogen-bond acceptors (Lipinski definition) is 5. The second-order valence-electron chi connectivity index (χ2n) is 6.22. The molecule has 0 atom stereocenters. The number of amides is 1. The molecule has 0 bridgehead atoms. The monoisotopic (exact) mass is 406 g/mol. The van der Waals surface area contributed by atoms with E-state index in [0.717, 1.165) is 30.8 Å². The molecule has 0 unspecified atom stereocenters. The van der Waals surface area contributed by atoms with Gasteiger partial charge in [-0.2, -0.15) is 0 Å². The van der Waals surface area contributed by atoms with Crippen LogP contribution in [0.3, 0.4) is 0 Å². The Balaban J connectivity index is 1.42. The number of carbonyl (C=O) groups excluding carboxylic acids is 1. The normalized spacial score (nSPS) is 13.7. The van der Waals surface area contributed by atoms with E-state index in [4.69, 9.17) is 0 Å². The predicted molar refractivity (Wildman–Crippen MR) is 101 cm³/mol. The van der Waals surface area contributed by atoms with E-state index in [1.165, 1.54) is 22.7 Å². The highest BCUT2D eigenvalue weighted by atomic mass is 32.2. The van der Waals surface area contributed by atoms with Gasteiger partial charge in [0.25, 0.3) is 0 Å². The third-order valence-corrected chi connectivity index (χ3v) is 5.92. The summed E-state index contributed by atoms with van der Waals surface area (Å²) in [5, 5.41) is 13.7. The molecule has 0 spiro atoms. The molecule has 0 radical (unpaired) electrons. The molecule has 1 saturated carbocycles. The smallest absolute Gasteiger partial charge is 0.234 e. The minimum absolute atomic E-state index is 0.0379. The van der Waals surface area contributed by atoms with Crippen molar-refractivity contribution in [2.24, 2.45) is 0 Å². The van der Waals surface area contributed by atoms with Crippen LogP contribution in [0.25, 0.3) is 0 Å². The first kappa shape index (κ1) is 18.1. The lowest BCUT2D eigenvalue weighted by Gasteiger charge is -2.09. The average molecular weight is 406 g/mol. The molecule has 3 aromatic rings. The van der Waals surface area contributed by atoms with Gasteiger partial charge in [0.15, 0.2) is 5.16 Å². The molecule has 1 aromatic carbocycles. The summed E-state index contributed by atoms with van der Waals surface area (Å²) >= 11 is 2.94. The Kier molecular flexibility index (Phi) is 5.22. The maximum Gasteiger partial charge on any atom is 0.234 e. The molecule has 1 N–H and O–H groups in total. The number of halogens is 2. The minimum Gasteiger partial charge on any atom is -0.323 e. The number of aromatic nitrogens is 3. The van der Waals surface area contributed by atoms with Gasteiger partial charge in [-0.3, -0.25) is 4.79 Å². The minimum atomic E-state index is -0.798. The van der Waals surface area contributed by atoms with Gasteiger partial charge < -0.3 is 9.88 Å². The third-order valence-electron chi connectivity index (χ3n) is 4.10. The Morgan fingerprint density at radius 1 is 1.30 bits per heavy atom. The van der Waals surface area contributed by atoms with Crippen LogP contribution in [0, 0.1) is 11.6 Å². The molecule has 2 aromatic heterocycles. The van der Waals surface area contributed by atoms with Gasteiger partial charge in [0.2, 0.25) is 5.91 Å². The number of benzene rings is 1. The SMILES string of the molecule is O=C(CSc1nnc(Cc2cccs2)n1C1CC1)Nc1ccc(F)cc1F. The molecule has 2 heterocycles. The van der Waals surface area contributed by atoms with Crippen molar-refractivity contribution in [1.29, 1.82) is 0 Å². The lowest BCUT2D eigenvalue weighted by Crippen LogP contribution is -2.15. The lowest BCUT2D eigenvalue weighted by molar-refractivity contribution is -0.113. The molecule has 5 nitrogen and oxygen atoms in total. The Morgan fingerprint density at radius 3 is 2.85 bits per heavy atom. The van der Waals surface area contributed by atoms with E-state index in [1.54, 1.807) is 11.3 Å². The fourth-order valence-corrected chi connectivity index (χ4v) is 4.23. The van der Waals surface area contributed by atoms with Crippen LogP contribution >= 0.6 is 23.1 Å². The highest BCUT2D eigenvalue weighted by molar-refractivity contribution is 7.99. The topological polar surface area (TPSA) is 59.8 Å². The van der Waals surface area contributed by atoms with Gasteiger partial charge in [-0.05, 0) is 36.4 Å². The second-order valence-corrected chi connectivity index (χ2v) is 8.19. The zero-order valence-electron chi connectivity index (χ0n) is 14.2. The highest BCUT2D eigenvalue weighted by Gasteiger charge is 2.30. The standard InChI is InChI=1S/C18H16F2N4OS2/c19-11-3-6-15(14(20)8-11)21-17(25)10-27-18-23-22-16(24(18)12-4-5-12)9-13-2-1-7-26-13/h1-3,6-8,12H,4-5,9-10H2,(H,21,25). The van der Waals surface area contributed by atoms with Crippen molar-refractivity contribution in [3.63, 3.8) is 0 Å². The molecular weight excluding hydrogens is 390 g/mol. The highest BCUT2D eigenvalue weighted by Crippen LogP contribution is 2.39. The quantitative estimate of drug-likeness (QED) is 0.595. The number of nitrogens with one attached hydrogen (secondary N) is 1. The number of carbonyl (C=O) groups is 1. The van der Waals surface area contributed by atoms with Crippen LogP contribution < -0.4 is 5.32 Å². The van der Waals surface area contributed by atoms with Gasteiger partial charge in [0.05, 0.1) is 11.4 Å². The van der Waals surface area contributed by atoms with E-state index in [-0.39, 0.29) is 17.3 Å². The molecule has 1 aliphatic carbocycles. The van der Waals surface area contributed by atoms with Crippen LogP contribution in [0.1, 0.15) is 29.6 Å². The maximum absolute atomic E-state index is 13.6. The number of hydrogen-bond donors (Lipinski definition) is 1. The molecule has 1 fully saturated rings. The molecule has 0 aliphatic heterocycles. The van der Waals surface area contributed by atoms with E-state index >= 15 is 0 Å². The molecule has 27 heavy (non-hydrogen) atoms. The summed E-state index contributed by atoms with van der Waals surface area (Å²) in [5.41, 5.74) is -0.0379. The summed E-state index contributed by atoms with van der Waals surface area (Å²) in [5.74, 6) is -0.896. The van der Waals surface area contributed by atoms with Gasteiger partial charge in [0.1, 0.15) is 17.5 Å². The van der Waals surface area contributed by atoms with Crippen LogP contribution in [-0.2, 0) is 11.2 Å². The van der Waals surface area contributed by atoms with Crippen molar-refractivity contribution in [3.8, 4) is 0 Å². The molecule has 140 valence electrons. The largest absolute Gasteiger partial charge is 0.323 e. The van der Waals surface area contributed by atoms with Gasteiger partial charge in [-0.1, -0.05) is 17.8 Å². The molecular formula is C18H16F2N4OS2. The zero-order chi connectivity index (χ0) is 18.8. The molecule has 1 amide bonds. The number of thiophene rings is 1. The summed E-state index contributed by atoms with van der Waals surface area (Å²) in [7, 11) is 0. The van der Waals surface area contributed by atoms with E-state index in [2.05, 4.69) is 26.1 Å². The third kappa shape index (κ3) is 4.36. The Hall–Kier alpha value is -2.26. The molecule has 4 rings (SSSR count). The van der Waals surface area contributed by atoms with E-state index in [1.807, 2.05) is 11.4 Å². The van der Waals surface area contributed by atoms with Gasteiger partial charge in [0, 0.05) is 23.4 Å². The number of thioether (sulfide) groups is 1. The summed E-state index contributed by atoms with van der Waals surface area (Å²) < 4.78 is 28.7. The summed E-state index contributed by atoms with van der Waals surface area (Å²) in [6, 6.07) is 7.50. The van der Waals surface area contributed by atoms with Crippen LogP contribution in [0.2, 0.25) is 0 Å². The molecule has 0 saturated heterocycles. The first-order chi connectivity index (χ1) is 13.1. The fraction of sp³-hybridized carbons (Fsp3) is 0.278. The molecule has 1 aliphatic rings. The Labute approximate surface area is 162 Å². The van der Waals surface area contributed by atoms with E-state index in [9.17, 15) is 13.6 Å². The van der Waals surface area contributed by atoms with Crippen LogP contribution in [-0.4, -0.2) is 26.4 Å². The van der Waals surface area contributed by atoms with Crippen LogP contribution in [0.15, 0.2) is 40.9 Å². The van der Waals surface area contributed by atoms with Gasteiger partial charge >= 0.3 is 0 Å². The van der Waals surface area contributed by atoms with Crippen molar-refractivity contribution in [1.82, 2.24) is 14.8 Å².